The molecule has 1 aliphatic rings. The molecule has 114 heavy (non-hydrogen) atoms. The third-order valence-electron chi connectivity index (χ3n) is 17.9. The van der Waals surface area contributed by atoms with E-state index in [9.17, 15) is 117 Å². The monoisotopic (exact) mass is 1620 g/mol. The van der Waals surface area contributed by atoms with E-state index in [2.05, 4.69) is 63.8 Å². The van der Waals surface area contributed by atoms with Crippen LogP contribution in [-0.2, 0) is 97.5 Å². The van der Waals surface area contributed by atoms with Crippen LogP contribution in [0, 0.1) is 23.7 Å². The highest BCUT2D eigenvalue weighted by atomic mass is 16.4. The van der Waals surface area contributed by atoms with Gasteiger partial charge in [0.1, 0.15) is 90.8 Å². The molecule has 638 valence electrons. The van der Waals surface area contributed by atoms with Crippen LogP contribution < -0.4 is 92.1 Å². The number of phenols is 1. The van der Waals surface area contributed by atoms with Gasteiger partial charge in [0.15, 0.2) is 0 Å². The Morgan fingerprint density at radius 1 is 0.474 bits per heavy atom. The van der Waals surface area contributed by atoms with Crippen molar-refractivity contribution in [2.75, 3.05) is 26.2 Å². The number of likely N-dealkylation sites (tertiary alicyclic amines) is 1. The number of carbonyl (C=O) groups is 19. The standard InChI is InChI=1S/C71H114N18O25/c1-11-35(8)56(70(113)85-48(31-90)66(109)77-40(15-12-13-21-72)59(102)82-46(29-53(97)98)65(108)86-55(34(6)7)69(112)88-57(37(10)91)68(111)76-30-54(99)100)87-64(107)42(24-33(4)5)79-61(104)43(25-38-17-19-39(92)20-18-38)80-62(105)44(26-50(74)93)81-63(106)45(28-52(95)96)83-67(110)49-16-14-22-89(49)71(114)47(27-51(75)94)84-60(103)41(23-32(2)3)78-58(101)36(9)73/h17-20,32-37,40-49,55-57,90-92H,11-16,21-31,72-73H2,1-10H3,(H2,74,93)(H2,75,94)(H,76,111)(H,77,109)(H,78,101)(H,79,104)(H,80,105)(H,81,106)(H,82,102)(H,83,110)(H,84,103)(H,85,113)(H,86,108)(H,87,107)(H,88,112)(H,95,96)(H,97,98)(H,99,100)/t35-,36-,37+,40-,41-,42-,43-,44-,45-,46-,47-,48-,49-,55-,56-,57-/m0/s1. The fraction of sp³-hybridized carbons (Fsp3) is 0.648. The van der Waals surface area contributed by atoms with E-state index in [0.717, 1.165) is 11.8 Å². The van der Waals surface area contributed by atoms with Crippen LogP contribution in [0.3, 0.4) is 0 Å². The molecule has 16 atom stereocenters. The van der Waals surface area contributed by atoms with Gasteiger partial charge < -0.3 is 128 Å². The first-order valence-electron chi connectivity index (χ1n) is 37.2. The van der Waals surface area contributed by atoms with Crippen molar-refractivity contribution in [2.24, 2.45) is 46.6 Å². The van der Waals surface area contributed by atoms with Crippen molar-refractivity contribution in [3.63, 3.8) is 0 Å². The van der Waals surface area contributed by atoms with E-state index < -0.39 is 266 Å². The summed E-state index contributed by atoms with van der Waals surface area (Å²) < 4.78 is 0. The average molecular weight is 1620 g/mol. The van der Waals surface area contributed by atoms with Gasteiger partial charge in [-0.25, -0.2) is 0 Å². The molecule has 1 saturated heterocycles. The van der Waals surface area contributed by atoms with E-state index in [1.54, 1.807) is 34.6 Å². The number of aliphatic hydroxyl groups is 2. The van der Waals surface area contributed by atoms with Crippen molar-refractivity contribution in [3.8, 4) is 5.75 Å². The van der Waals surface area contributed by atoms with Crippen molar-refractivity contribution in [1.29, 1.82) is 0 Å². The molecule has 0 radical (unpaired) electrons. The normalized spacial score (nSPS) is 16.5. The van der Waals surface area contributed by atoms with E-state index >= 15 is 0 Å². The van der Waals surface area contributed by atoms with Gasteiger partial charge in [-0.2, -0.15) is 0 Å². The minimum atomic E-state index is -2.09. The molecular formula is C71H114N18O25. The molecule has 0 aliphatic carbocycles. The number of rotatable bonds is 51. The number of hydrogen-bond acceptors (Lipinski definition) is 24. The van der Waals surface area contributed by atoms with Crippen LogP contribution in [0.5, 0.6) is 5.75 Å². The van der Waals surface area contributed by atoms with Gasteiger partial charge in [-0.1, -0.05) is 73.9 Å². The van der Waals surface area contributed by atoms with Gasteiger partial charge >= 0.3 is 17.9 Å². The number of hydrogen-bond donors (Lipinski definition) is 23. The number of unbranched alkanes of at least 4 members (excludes halogenated alkanes) is 1. The number of aliphatic hydroxyl groups excluding tert-OH is 2. The number of carboxylic acid groups (broad SMARTS) is 3. The van der Waals surface area contributed by atoms with E-state index in [1.807, 2.05) is 5.32 Å². The van der Waals surface area contributed by atoms with Crippen molar-refractivity contribution < 1.29 is 122 Å². The average Bonchev–Trinajstić information content (AvgIpc) is 1.64. The quantitative estimate of drug-likeness (QED) is 0.0269. The Bertz CT molecular complexity index is 3560. The van der Waals surface area contributed by atoms with Gasteiger partial charge in [-0.05, 0) is 107 Å². The largest absolute Gasteiger partial charge is 0.508 e. The Morgan fingerprint density at radius 3 is 1.37 bits per heavy atom. The SMILES string of the molecule is CC[C@H](C)[C@H](NC(=O)[C@H](CC(C)C)NC(=O)[C@H](Cc1ccc(O)cc1)NC(=O)[C@H](CC(N)=O)NC(=O)[C@H](CC(=O)O)NC(=O)[C@@H]1CCCN1C(=O)[C@H](CC(N)=O)NC(=O)[C@H](CC(C)C)NC(=O)[C@H](C)N)C(=O)N[C@@H](CO)C(=O)N[C@@H](CCCCN)C(=O)N[C@@H](CC(=O)O)C(=O)N[C@H](C(=O)N[C@H](C(=O)NCC(=O)O)[C@@H](C)O)C(C)C. The molecule has 1 fully saturated rings. The van der Waals surface area contributed by atoms with Crippen LogP contribution >= 0.6 is 0 Å². The van der Waals surface area contributed by atoms with Gasteiger partial charge in [0.05, 0.1) is 44.4 Å². The summed E-state index contributed by atoms with van der Waals surface area (Å²) >= 11 is 0. The number of nitrogens with one attached hydrogen (secondary N) is 13. The Labute approximate surface area is 657 Å². The Balaban J connectivity index is 2.53. The maximum absolute atomic E-state index is 14.7. The lowest BCUT2D eigenvalue weighted by Gasteiger charge is -2.31. The summed E-state index contributed by atoms with van der Waals surface area (Å²) in [4.78, 5) is 257. The molecule has 0 bridgehead atoms. The number of phenolic OH excluding ortho intramolecular Hbond substituents is 1. The minimum absolute atomic E-state index is 0.0588. The first-order valence-corrected chi connectivity index (χ1v) is 37.2. The number of benzene rings is 1. The first kappa shape index (κ1) is 98.9. The number of primary amides is 2. The third kappa shape index (κ3) is 34.4. The molecular weight excluding hydrogens is 1500 g/mol. The summed E-state index contributed by atoms with van der Waals surface area (Å²) in [5.41, 5.74) is 22.7. The van der Waals surface area contributed by atoms with Crippen LogP contribution in [0.2, 0.25) is 0 Å². The number of nitrogens with zero attached hydrogens (tertiary/aromatic N) is 1. The van der Waals surface area contributed by atoms with Gasteiger partial charge in [-0.15, -0.1) is 0 Å². The molecule has 43 nitrogen and oxygen atoms in total. The summed E-state index contributed by atoms with van der Waals surface area (Å²) in [5.74, 6) is -25.1. The second-order valence-electron chi connectivity index (χ2n) is 29.1. The highest BCUT2D eigenvalue weighted by Crippen LogP contribution is 2.22. The Morgan fingerprint density at radius 2 is 0.886 bits per heavy atom. The second-order valence-corrected chi connectivity index (χ2v) is 29.1. The Hall–Kier alpha value is -11.2. The van der Waals surface area contributed by atoms with Crippen molar-refractivity contribution >= 4 is 112 Å². The molecule has 0 unspecified atom stereocenters. The molecule has 27 N–H and O–H groups in total. The molecule has 0 saturated carbocycles. The zero-order chi connectivity index (χ0) is 86.7. The summed E-state index contributed by atoms with van der Waals surface area (Å²) in [6.45, 7) is 13.2. The molecule has 16 amide bonds. The smallest absolute Gasteiger partial charge is 0.322 e. The highest BCUT2D eigenvalue weighted by Gasteiger charge is 2.43. The molecule has 0 aromatic heterocycles. The van der Waals surface area contributed by atoms with Crippen molar-refractivity contribution in [1.82, 2.24) is 74.0 Å². The maximum atomic E-state index is 14.7. The zero-order valence-electron chi connectivity index (χ0n) is 65.5. The summed E-state index contributed by atoms with van der Waals surface area (Å²) in [5, 5.41) is 90.2. The molecule has 2 rings (SSSR count). The van der Waals surface area contributed by atoms with Crippen molar-refractivity contribution in [3.05, 3.63) is 29.8 Å². The van der Waals surface area contributed by atoms with Gasteiger partial charge in [0.2, 0.25) is 94.5 Å². The maximum Gasteiger partial charge on any atom is 0.322 e. The number of carbonyl (C=O) groups excluding carboxylic acids is 16. The zero-order valence-corrected chi connectivity index (χ0v) is 65.5. The lowest BCUT2D eigenvalue weighted by atomic mass is 9.96. The number of aliphatic carboxylic acids is 3. The van der Waals surface area contributed by atoms with E-state index in [-0.39, 0.29) is 81.7 Å². The lowest BCUT2D eigenvalue weighted by Crippen LogP contribution is -2.62. The number of amides is 16. The minimum Gasteiger partial charge on any atom is -0.508 e. The molecule has 1 aromatic carbocycles. The lowest BCUT2D eigenvalue weighted by molar-refractivity contribution is -0.144. The Kier molecular flexibility index (Phi) is 42.2. The number of nitrogens with two attached hydrogens (primary N) is 4. The molecule has 0 spiro atoms. The first-order chi connectivity index (χ1) is 53.2. The van der Waals surface area contributed by atoms with Crippen LogP contribution in [0.15, 0.2) is 24.3 Å². The van der Waals surface area contributed by atoms with E-state index in [0.29, 0.717) is 0 Å². The topological polar surface area (TPSA) is 709 Å². The molecule has 1 heterocycles. The van der Waals surface area contributed by atoms with E-state index in [4.69, 9.17) is 28.0 Å². The molecule has 1 aliphatic heterocycles. The summed E-state index contributed by atoms with van der Waals surface area (Å²) in [7, 11) is 0. The van der Waals surface area contributed by atoms with Gasteiger partial charge in [0.25, 0.3) is 0 Å². The van der Waals surface area contributed by atoms with Crippen molar-refractivity contribution in [2.45, 2.75) is 243 Å². The van der Waals surface area contributed by atoms with Crippen LogP contribution in [0.1, 0.15) is 152 Å². The predicted octanol–water partition coefficient (Wildman–Crippen LogP) is -7.71. The van der Waals surface area contributed by atoms with Gasteiger partial charge in [0, 0.05) is 13.0 Å². The second kappa shape index (κ2) is 48.7. The summed E-state index contributed by atoms with van der Waals surface area (Å²) in [6, 6.07) is -18.3. The third-order valence-corrected chi connectivity index (χ3v) is 17.9. The van der Waals surface area contributed by atoms with Crippen LogP contribution in [0.4, 0.5) is 0 Å². The molecule has 43 heteroatoms. The van der Waals surface area contributed by atoms with E-state index in [1.165, 1.54) is 52.0 Å². The predicted molar refractivity (Wildman–Crippen MR) is 401 cm³/mol. The van der Waals surface area contributed by atoms with Crippen LogP contribution in [-0.4, -0.2) is 265 Å². The van der Waals surface area contributed by atoms with Gasteiger partial charge in [-0.3, -0.25) is 91.1 Å². The number of aromatic hydroxyl groups is 1. The van der Waals surface area contributed by atoms with Crippen LogP contribution in [0.25, 0.3) is 0 Å². The molecule has 1 aromatic rings. The number of carboxylic acids is 3. The summed E-state index contributed by atoms with van der Waals surface area (Å²) in [6.07, 6.45) is -6.02. The highest BCUT2D eigenvalue weighted by molar-refractivity contribution is 6.02. The fourth-order valence-corrected chi connectivity index (χ4v) is 11.7. The fourth-order valence-electron chi connectivity index (χ4n) is 11.7.